The number of nitrogens with one attached hydrogen (secondary N) is 3. The highest BCUT2D eigenvalue weighted by Gasteiger charge is 2.35. The maximum atomic E-state index is 13.5. The lowest BCUT2D eigenvalue weighted by Crippen LogP contribution is -2.33. The molecule has 2 heterocycles. The monoisotopic (exact) mass is 407 g/mol. The van der Waals surface area contributed by atoms with Gasteiger partial charge in [0.05, 0.1) is 24.6 Å². The number of nitrogens with zero attached hydrogens (tertiary/aromatic N) is 2. The summed E-state index contributed by atoms with van der Waals surface area (Å²) >= 11 is 0. The minimum absolute atomic E-state index is 0.0659. The lowest BCUT2D eigenvalue weighted by atomic mass is 10.1. The molecule has 1 fully saturated rings. The number of carbonyl (C=O) groups excluding carboxylic acids is 1. The zero-order valence-corrected chi connectivity index (χ0v) is 15.6. The van der Waals surface area contributed by atoms with Crippen LogP contribution in [0.3, 0.4) is 0 Å². The van der Waals surface area contributed by atoms with Gasteiger partial charge in [-0.05, 0) is 30.7 Å². The molecule has 10 heteroatoms. The van der Waals surface area contributed by atoms with Crippen molar-refractivity contribution < 1.29 is 22.7 Å². The molecule has 154 valence electrons. The van der Waals surface area contributed by atoms with E-state index in [0.29, 0.717) is 25.4 Å². The molecule has 1 aromatic carbocycles. The van der Waals surface area contributed by atoms with E-state index in [1.807, 2.05) is 0 Å². The lowest BCUT2D eigenvalue weighted by molar-refractivity contribution is -0.137. The Labute approximate surface area is 165 Å². The van der Waals surface area contributed by atoms with E-state index in [0.717, 1.165) is 17.8 Å². The molecule has 1 aromatic heterocycles. The van der Waals surface area contributed by atoms with Crippen molar-refractivity contribution in [2.45, 2.75) is 13.1 Å². The molecule has 0 radical (unpaired) electrons. The van der Waals surface area contributed by atoms with Crippen molar-refractivity contribution in [3.8, 4) is 0 Å². The number of aryl methyl sites for hydroxylation is 1. The van der Waals surface area contributed by atoms with Crippen LogP contribution in [0, 0.1) is 12.8 Å². The minimum Gasteiger partial charge on any atom is -0.381 e. The van der Waals surface area contributed by atoms with Gasteiger partial charge in [-0.15, -0.1) is 0 Å². The molecule has 1 saturated heterocycles. The summed E-state index contributed by atoms with van der Waals surface area (Å²) in [5, 5.41) is 8.18. The highest BCUT2D eigenvalue weighted by molar-refractivity contribution is 6.01. The Morgan fingerprint density at radius 2 is 2.10 bits per heavy atom. The van der Waals surface area contributed by atoms with Crippen molar-refractivity contribution in [1.29, 1.82) is 0 Å². The number of aromatic nitrogens is 2. The smallest absolute Gasteiger partial charge is 0.381 e. The maximum Gasteiger partial charge on any atom is 0.421 e. The van der Waals surface area contributed by atoms with Crippen LogP contribution in [0.2, 0.25) is 0 Å². The SMILES string of the molecule is C=CC(=O)Nc1cc(C)ccc1Nc1nc(NCC2COC2)ncc1C(F)(F)F. The van der Waals surface area contributed by atoms with Gasteiger partial charge in [-0.3, -0.25) is 4.79 Å². The second kappa shape index (κ2) is 8.48. The first-order valence-electron chi connectivity index (χ1n) is 8.83. The van der Waals surface area contributed by atoms with Crippen LogP contribution in [0.1, 0.15) is 11.1 Å². The summed E-state index contributed by atoms with van der Waals surface area (Å²) in [5.41, 5.74) is 0.367. The Morgan fingerprint density at radius 3 is 2.72 bits per heavy atom. The molecule has 7 nitrogen and oxygen atoms in total. The third-order valence-electron chi connectivity index (χ3n) is 4.22. The predicted octanol–water partition coefficient (Wildman–Crippen LogP) is 3.73. The van der Waals surface area contributed by atoms with Gasteiger partial charge in [0.1, 0.15) is 11.4 Å². The number of hydrogen-bond donors (Lipinski definition) is 3. The summed E-state index contributed by atoms with van der Waals surface area (Å²) < 4.78 is 45.4. The Bertz CT molecular complexity index is 913. The first kappa shape index (κ1) is 20.6. The molecule has 3 N–H and O–H groups in total. The summed E-state index contributed by atoms with van der Waals surface area (Å²) in [6.07, 6.45) is -2.85. The average molecular weight is 407 g/mol. The quantitative estimate of drug-likeness (QED) is 0.606. The van der Waals surface area contributed by atoms with Gasteiger partial charge in [0.2, 0.25) is 11.9 Å². The number of halogens is 3. The molecule has 0 saturated carbocycles. The van der Waals surface area contributed by atoms with Crippen LogP contribution >= 0.6 is 0 Å². The topological polar surface area (TPSA) is 88.2 Å². The van der Waals surface area contributed by atoms with E-state index >= 15 is 0 Å². The van der Waals surface area contributed by atoms with E-state index in [1.165, 1.54) is 0 Å². The Hall–Kier alpha value is -3.14. The van der Waals surface area contributed by atoms with E-state index < -0.39 is 23.5 Å². The predicted molar refractivity (Wildman–Crippen MR) is 103 cm³/mol. The largest absolute Gasteiger partial charge is 0.421 e. The highest BCUT2D eigenvalue weighted by Crippen LogP contribution is 2.36. The third kappa shape index (κ3) is 5.23. The number of ether oxygens (including phenoxy) is 1. The van der Waals surface area contributed by atoms with Gasteiger partial charge >= 0.3 is 6.18 Å². The van der Waals surface area contributed by atoms with Crippen LogP contribution in [0.25, 0.3) is 0 Å². The number of amides is 1. The molecule has 2 aromatic rings. The Morgan fingerprint density at radius 1 is 1.34 bits per heavy atom. The number of benzene rings is 1. The number of anilines is 4. The second-order valence-corrected chi connectivity index (χ2v) is 6.61. The third-order valence-corrected chi connectivity index (χ3v) is 4.22. The Balaban J connectivity index is 1.91. The fraction of sp³-hybridized carbons (Fsp3) is 0.316. The number of rotatable bonds is 7. The molecule has 29 heavy (non-hydrogen) atoms. The van der Waals surface area contributed by atoms with Crippen LogP contribution < -0.4 is 16.0 Å². The van der Waals surface area contributed by atoms with Gasteiger partial charge < -0.3 is 20.7 Å². The Kier molecular flexibility index (Phi) is 6.02. The number of carbonyl (C=O) groups is 1. The highest BCUT2D eigenvalue weighted by atomic mass is 19.4. The fourth-order valence-corrected chi connectivity index (χ4v) is 2.59. The first-order valence-corrected chi connectivity index (χ1v) is 8.83. The van der Waals surface area contributed by atoms with Gasteiger partial charge in [0.15, 0.2) is 0 Å². The first-order chi connectivity index (χ1) is 13.8. The molecule has 1 aliphatic heterocycles. The van der Waals surface area contributed by atoms with E-state index in [2.05, 4.69) is 32.5 Å². The normalized spacial score (nSPS) is 14.1. The van der Waals surface area contributed by atoms with Crippen LogP contribution in [0.15, 0.2) is 37.1 Å². The summed E-state index contributed by atoms with van der Waals surface area (Å²) in [6, 6.07) is 4.90. The molecule has 0 unspecified atom stereocenters. The minimum atomic E-state index is -4.65. The van der Waals surface area contributed by atoms with Crippen LogP contribution in [0.4, 0.5) is 36.3 Å². The molecule has 0 aliphatic carbocycles. The number of alkyl halides is 3. The van der Waals surface area contributed by atoms with Gasteiger partial charge in [-0.2, -0.15) is 18.2 Å². The van der Waals surface area contributed by atoms with E-state index in [9.17, 15) is 18.0 Å². The van der Waals surface area contributed by atoms with Crippen molar-refractivity contribution in [1.82, 2.24) is 9.97 Å². The zero-order chi connectivity index (χ0) is 21.0. The molecule has 0 atom stereocenters. The second-order valence-electron chi connectivity index (χ2n) is 6.61. The summed E-state index contributed by atoms with van der Waals surface area (Å²) in [6.45, 7) is 6.85. The standard InChI is InChI=1S/C19H20F3N5O2/c1-3-16(28)25-15-6-11(2)4-5-14(15)26-17-13(19(20,21)22)8-24-18(27-17)23-7-12-9-29-10-12/h3-6,8,12H,1,7,9-10H2,2H3,(H,25,28)(H2,23,24,26,27). The van der Waals surface area contributed by atoms with Crippen molar-refractivity contribution in [2.24, 2.45) is 5.92 Å². The molecule has 1 amide bonds. The maximum absolute atomic E-state index is 13.5. The molecule has 0 bridgehead atoms. The lowest BCUT2D eigenvalue weighted by Gasteiger charge is -2.26. The van der Waals surface area contributed by atoms with Crippen molar-refractivity contribution in [3.05, 3.63) is 48.2 Å². The summed E-state index contributed by atoms with van der Waals surface area (Å²) in [4.78, 5) is 19.4. The van der Waals surface area contributed by atoms with E-state index in [1.54, 1.807) is 25.1 Å². The molecular weight excluding hydrogens is 387 g/mol. The van der Waals surface area contributed by atoms with Crippen molar-refractivity contribution in [2.75, 3.05) is 35.7 Å². The van der Waals surface area contributed by atoms with Gasteiger partial charge in [0.25, 0.3) is 0 Å². The van der Waals surface area contributed by atoms with Crippen molar-refractivity contribution >= 4 is 29.0 Å². The van der Waals surface area contributed by atoms with Crippen LogP contribution in [-0.2, 0) is 15.7 Å². The van der Waals surface area contributed by atoms with Crippen molar-refractivity contribution in [3.63, 3.8) is 0 Å². The average Bonchev–Trinajstić information content (AvgIpc) is 2.61. The molecule has 0 spiro atoms. The van der Waals surface area contributed by atoms with Crippen LogP contribution in [-0.4, -0.2) is 35.6 Å². The van der Waals surface area contributed by atoms with Gasteiger partial charge in [0, 0.05) is 18.7 Å². The van der Waals surface area contributed by atoms with Gasteiger partial charge in [-0.1, -0.05) is 12.6 Å². The summed E-state index contributed by atoms with van der Waals surface area (Å²) in [5.74, 6) is -0.563. The molecule has 3 rings (SSSR count). The fourth-order valence-electron chi connectivity index (χ4n) is 2.59. The van der Waals surface area contributed by atoms with E-state index in [4.69, 9.17) is 4.74 Å². The summed E-state index contributed by atoms with van der Waals surface area (Å²) in [7, 11) is 0. The zero-order valence-electron chi connectivity index (χ0n) is 15.6. The van der Waals surface area contributed by atoms with Crippen LogP contribution in [0.5, 0.6) is 0 Å². The molecular formula is C19H20F3N5O2. The number of hydrogen-bond acceptors (Lipinski definition) is 6. The molecule has 1 aliphatic rings. The van der Waals surface area contributed by atoms with E-state index in [-0.39, 0.29) is 17.6 Å². The van der Waals surface area contributed by atoms with Gasteiger partial charge in [-0.25, -0.2) is 4.98 Å².